The Morgan fingerprint density at radius 1 is 1.26 bits per heavy atom. The number of allylic oxidation sites excluding steroid dienone is 1. The molecule has 31 heavy (non-hydrogen) atoms. The number of thioether (sulfide) groups is 1. The van der Waals surface area contributed by atoms with Crippen molar-refractivity contribution in [2.24, 2.45) is 0 Å². The van der Waals surface area contributed by atoms with Crippen LogP contribution < -0.4 is 10.1 Å². The van der Waals surface area contributed by atoms with Gasteiger partial charge in [0.1, 0.15) is 5.75 Å². The van der Waals surface area contributed by atoms with E-state index in [1.165, 1.54) is 11.8 Å². The van der Waals surface area contributed by atoms with Crippen molar-refractivity contribution in [3.8, 4) is 5.75 Å². The third-order valence-electron chi connectivity index (χ3n) is 4.09. The molecule has 2 aromatic carbocycles. The number of nitrogens with zero attached hydrogens (tertiary/aromatic N) is 3. The molecule has 3 rings (SSSR count). The van der Waals surface area contributed by atoms with E-state index < -0.39 is 0 Å². The van der Waals surface area contributed by atoms with Crippen LogP contribution in [0.25, 0.3) is 0 Å². The average Bonchev–Trinajstić information content (AvgIpc) is 3.13. The second kappa shape index (κ2) is 10.9. The fourth-order valence-electron chi connectivity index (χ4n) is 2.72. The third kappa shape index (κ3) is 6.17. The first-order valence-corrected chi connectivity index (χ1v) is 11.3. The van der Waals surface area contributed by atoms with E-state index in [9.17, 15) is 4.79 Å². The first-order valence-electron chi connectivity index (χ1n) is 9.22. The van der Waals surface area contributed by atoms with Crippen LogP contribution in [0.15, 0.2) is 60.3 Å². The summed E-state index contributed by atoms with van der Waals surface area (Å²) in [7, 11) is 0. The highest BCUT2D eigenvalue weighted by Crippen LogP contribution is 2.30. The van der Waals surface area contributed by atoms with Gasteiger partial charge in [0, 0.05) is 11.6 Å². The number of aromatic nitrogens is 3. The first-order chi connectivity index (χ1) is 14.9. The Morgan fingerprint density at radius 3 is 2.77 bits per heavy atom. The van der Waals surface area contributed by atoms with Crippen LogP contribution in [0.3, 0.4) is 0 Å². The molecule has 1 N–H and O–H groups in total. The van der Waals surface area contributed by atoms with Gasteiger partial charge in [0.2, 0.25) is 5.91 Å². The van der Waals surface area contributed by atoms with Crippen LogP contribution in [0, 0.1) is 0 Å². The summed E-state index contributed by atoms with van der Waals surface area (Å²) in [5, 5.41) is 13.1. The predicted octanol–water partition coefficient (Wildman–Crippen LogP) is 6.30. The minimum absolute atomic E-state index is 0.113. The molecule has 3 aromatic rings. The van der Waals surface area contributed by atoms with Gasteiger partial charge in [-0.3, -0.25) is 9.36 Å². The molecule has 10 heteroatoms. The maximum Gasteiger partial charge on any atom is 0.234 e. The van der Waals surface area contributed by atoms with Crippen LogP contribution in [0.4, 0.5) is 5.69 Å². The molecule has 1 aromatic heterocycles. The lowest BCUT2D eigenvalue weighted by Gasteiger charge is -2.16. The number of rotatable bonds is 9. The summed E-state index contributed by atoms with van der Waals surface area (Å²) in [6.45, 7) is 6.13. The average molecular weight is 498 g/mol. The molecule has 162 valence electrons. The fraction of sp³-hybridized carbons (Fsp3) is 0.190. The molecule has 0 aliphatic heterocycles. The first kappa shape index (κ1) is 23.5. The van der Waals surface area contributed by atoms with Crippen LogP contribution in [-0.2, 0) is 11.3 Å². The Balaban J connectivity index is 1.68. The molecule has 0 saturated carbocycles. The number of anilines is 1. The van der Waals surface area contributed by atoms with E-state index in [1.54, 1.807) is 36.4 Å². The van der Waals surface area contributed by atoms with E-state index in [2.05, 4.69) is 22.1 Å². The summed E-state index contributed by atoms with van der Waals surface area (Å²) in [4.78, 5) is 12.4. The number of benzene rings is 2. The van der Waals surface area contributed by atoms with E-state index in [4.69, 9.17) is 39.5 Å². The van der Waals surface area contributed by atoms with Crippen molar-refractivity contribution in [1.29, 1.82) is 0 Å². The molecule has 1 atom stereocenters. The fourth-order valence-corrected chi connectivity index (χ4v) is 4.00. The Hall–Kier alpha value is -2.19. The van der Waals surface area contributed by atoms with Gasteiger partial charge in [-0.2, -0.15) is 0 Å². The summed E-state index contributed by atoms with van der Waals surface area (Å²) in [6, 6.07) is 12.2. The maximum absolute atomic E-state index is 12.4. The molecular weight excluding hydrogens is 479 g/mol. The van der Waals surface area contributed by atoms with Gasteiger partial charge in [0.05, 0.1) is 21.5 Å². The van der Waals surface area contributed by atoms with Crippen molar-refractivity contribution >= 4 is 58.2 Å². The van der Waals surface area contributed by atoms with Crippen LogP contribution in [0.1, 0.15) is 18.9 Å². The lowest BCUT2D eigenvalue weighted by Crippen LogP contribution is -2.16. The molecule has 0 radical (unpaired) electrons. The highest BCUT2D eigenvalue weighted by Gasteiger charge is 2.20. The number of carbonyl (C=O) groups is 1. The molecule has 0 spiro atoms. The van der Waals surface area contributed by atoms with E-state index >= 15 is 0 Å². The van der Waals surface area contributed by atoms with E-state index in [-0.39, 0.29) is 17.8 Å². The lowest BCUT2D eigenvalue weighted by molar-refractivity contribution is -0.113. The van der Waals surface area contributed by atoms with E-state index in [0.717, 1.165) is 0 Å². The number of hydrogen-bond acceptors (Lipinski definition) is 5. The standard InChI is InChI=1S/C21H19Cl3N4O2S/c1-3-10-28-20(13(2)30-15-7-4-6-14(22)11-15)26-27-21(28)31-12-18(29)25-17-9-5-8-16(23)19(17)24/h3-9,11,13H,1,10,12H2,2H3,(H,25,29). The number of hydrogen-bond donors (Lipinski definition) is 1. The van der Waals surface area contributed by atoms with Crippen LogP contribution >= 0.6 is 46.6 Å². The van der Waals surface area contributed by atoms with Crippen molar-refractivity contribution in [2.75, 3.05) is 11.1 Å². The summed E-state index contributed by atoms with van der Waals surface area (Å²) < 4.78 is 7.81. The molecule has 0 saturated heterocycles. The molecule has 1 amide bonds. The number of halogens is 3. The van der Waals surface area contributed by atoms with Gasteiger partial charge >= 0.3 is 0 Å². The minimum Gasteiger partial charge on any atom is -0.483 e. The van der Waals surface area contributed by atoms with Gasteiger partial charge < -0.3 is 10.1 Å². The second-order valence-corrected chi connectivity index (χ2v) is 8.56. The van der Waals surface area contributed by atoms with Gasteiger partial charge in [-0.05, 0) is 37.3 Å². The largest absolute Gasteiger partial charge is 0.483 e. The molecule has 1 unspecified atom stereocenters. The number of nitrogens with one attached hydrogen (secondary N) is 1. The van der Waals surface area contributed by atoms with Crippen LogP contribution in [0.5, 0.6) is 5.75 Å². The monoisotopic (exact) mass is 496 g/mol. The smallest absolute Gasteiger partial charge is 0.234 e. The lowest BCUT2D eigenvalue weighted by atomic mass is 10.3. The van der Waals surface area contributed by atoms with Crippen LogP contribution in [-0.4, -0.2) is 26.4 Å². The van der Waals surface area contributed by atoms with Crippen molar-refractivity contribution in [1.82, 2.24) is 14.8 Å². The predicted molar refractivity (Wildman–Crippen MR) is 127 cm³/mol. The Labute approximate surface area is 199 Å². The second-order valence-electron chi connectivity index (χ2n) is 6.40. The normalized spacial score (nSPS) is 11.7. The summed E-state index contributed by atoms with van der Waals surface area (Å²) in [6.07, 6.45) is 1.34. The molecule has 0 bridgehead atoms. The number of carbonyl (C=O) groups excluding carboxylic acids is 1. The van der Waals surface area contributed by atoms with Gasteiger partial charge in [-0.15, -0.1) is 16.8 Å². The SMILES string of the molecule is C=CCn1c(SCC(=O)Nc2cccc(Cl)c2Cl)nnc1C(C)Oc1cccc(Cl)c1. The van der Waals surface area contributed by atoms with Gasteiger partial charge in [-0.1, -0.05) is 64.8 Å². The molecular formula is C21H19Cl3N4O2S. The number of ether oxygens (including phenoxy) is 1. The zero-order chi connectivity index (χ0) is 22.4. The zero-order valence-corrected chi connectivity index (χ0v) is 19.6. The number of amides is 1. The Bertz CT molecular complexity index is 1090. The summed E-state index contributed by atoms with van der Waals surface area (Å²) >= 11 is 19.4. The Kier molecular flexibility index (Phi) is 8.26. The van der Waals surface area contributed by atoms with Crippen molar-refractivity contribution in [2.45, 2.75) is 24.7 Å². The maximum atomic E-state index is 12.4. The van der Waals surface area contributed by atoms with E-state index in [0.29, 0.717) is 44.0 Å². The summed E-state index contributed by atoms with van der Waals surface area (Å²) in [5.41, 5.74) is 0.455. The van der Waals surface area contributed by atoms with Crippen molar-refractivity contribution in [3.05, 3.63) is 76.0 Å². The Morgan fingerprint density at radius 2 is 2.03 bits per heavy atom. The zero-order valence-electron chi connectivity index (χ0n) is 16.5. The molecule has 0 aliphatic rings. The highest BCUT2D eigenvalue weighted by atomic mass is 35.5. The highest BCUT2D eigenvalue weighted by molar-refractivity contribution is 7.99. The van der Waals surface area contributed by atoms with Gasteiger partial charge in [-0.25, -0.2) is 0 Å². The third-order valence-corrected chi connectivity index (χ3v) is 6.11. The van der Waals surface area contributed by atoms with Crippen LogP contribution in [0.2, 0.25) is 15.1 Å². The molecule has 0 aliphatic carbocycles. The van der Waals surface area contributed by atoms with Crippen molar-refractivity contribution < 1.29 is 9.53 Å². The molecule has 1 heterocycles. The van der Waals surface area contributed by atoms with Crippen molar-refractivity contribution in [3.63, 3.8) is 0 Å². The quantitative estimate of drug-likeness (QED) is 0.278. The molecule has 0 fully saturated rings. The minimum atomic E-state index is -0.389. The van der Waals surface area contributed by atoms with Gasteiger partial charge in [0.15, 0.2) is 17.1 Å². The van der Waals surface area contributed by atoms with E-state index in [1.807, 2.05) is 23.6 Å². The topological polar surface area (TPSA) is 69.0 Å². The molecule has 6 nitrogen and oxygen atoms in total. The summed E-state index contributed by atoms with van der Waals surface area (Å²) in [5.74, 6) is 1.11. The van der Waals surface area contributed by atoms with Gasteiger partial charge in [0.25, 0.3) is 0 Å².